The van der Waals surface area contributed by atoms with Crippen LogP contribution in [-0.2, 0) is 0 Å². The molecule has 0 unspecified atom stereocenters. The van der Waals surface area contributed by atoms with Crippen LogP contribution in [0.4, 0.5) is 5.69 Å². The number of hydrogen-bond donors (Lipinski definition) is 1. The second-order valence-corrected chi connectivity index (χ2v) is 4.89. The van der Waals surface area contributed by atoms with Crippen LogP contribution in [0.5, 0.6) is 0 Å². The van der Waals surface area contributed by atoms with Gasteiger partial charge < -0.3 is 9.88 Å². The fourth-order valence-corrected chi connectivity index (χ4v) is 2.51. The second kappa shape index (κ2) is 4.27. The highest BCUT2D eigenvalue weighted by Gasteiger charge is 2.14. The lowest BCUT2D eigenvalue weighted by Gasteiger charge is -2.16. The molecule has 1 amide bonds. The molecular formula is C13H11N3OS. The van der Waals surface area contributed by atoms with Crippen LogP contribution in [0.2, 0.25) is 0 Å². The van der Waals surface area contributed by atoms with Gasteiger partial charge in [0.05, 0.1) is 22.2 Å². The maximum Gasteiger partial charge on any atom is 0.268 e. The van der Waals surface area contributed by atoms with Gasteiger partial charge in [0.2, 0.25) is 0 Å². The summed E-state index contributed by atoms with van der Waals surface area (Å²) in [5.41, 5.74) is 2.68. The van der Waals surface area contributed by atoms with E-state index in [9.17, 15) is 4.79 Å². The standard InChI is InChI=1S/C13H11N3OS/c1-16(13(17)12-3-2-6-18-12)9-4-5-10-11(7-9)15-8-14-10/h2-8H,1H3,(H,14,15). The highest BCUT2D eigenvalue weighted by molar-refractivity contribution is 7.12. The number of imidazole rings is 1. The predicted molar refractivity (Wildman–Crippen MR) is 73.1 cm³/mol. The van der Waals surface area contributed by atoms with Crippen molar-refractivity contribution >= 4 is 34.0 Å². The van der Waals surface area contributed by atoms with E-state index in [2.05, 4.69) is 9.97 Å². The number of benzene rings is 1. The molecule has 5 heteroatoms. The minimum absolute atomic E-state index is 0.00358. The van der Waals surface area contributed by atoms with Gasteiger partial charge in [-0.05, 0) is 29.6 Å². The summed E-state index contributed by atoms with van der Waals surface area (Å²) in [6.07, 6.45) is 1.65. The topological polar surface area (TPSA) is 49.0 Å². The summed E-state index contributed by atoms with van der Waals surface area (Å²) >= 11 is 1.45. The van der Waals surface area contributed by atoms with Gasteiger partial charge in [-0.25, -0.2) is 4.98 Å². The first-order valence-electron chi connectivity index (χ1n) is 5.50. The molecule has 0 aliphatic rings. The van der Waals surface area contributed by atoms with Crippen LogP contribution in [0.25, 0.3) is 11.0 Å². The van der Waals surface area contributed by atoms with Crippen molar-refractivity contribution in [2.24, 2.45) is 0 Å². The number of anilines is 1. The molecule has 1 N–H and O–H groups in total. The quantitative estimate of drug-likeness (QED) is 0.767. The van der Waals surface area contributed by atoms with E-state index in [1.165, 1.54) is 11.3 Å². The highest BCUT2D eigenvalue weighted by Crippen LogP contribution is 2.21. The van der Waals surface area contributed by atoms with Gasteiger partial charge in [0, 0.05) is 12.7 Å². The Morgan fingerprint density at radius 1 is 1.39 bits per heavy atom. The van der Waals surface area contributed by atoms with E-state index >= 15 is 0 Å². The Hall–Kier alpha value is -2.14. The first-order chi connectivity index (χ1) is 8.75. The van der Waals surface area contributed by atoms with Gasteiger partial charge in [-0.3, -0.25) is 4.79 Å². The first kappa shape index (κ1) is 11.0. The SMILES string of the molecule is CN(C(=O)c1cccs1)c1ccc2nc[nH]c2c1. The van der Waals surface area contributed by atoms with Crippen molar-refractivity contribution in [3.05, 3.63) is 46.9 Å². The molecule has 0 fully saturated rings. The Balaban J connectivity index is 1.96. The lowest BCUT2D eigenvalue weighted by molar-refractivity contribution is 0.0997. The number of rotatable bonds is 2. The number of nitrogens with zero attached hydrogens (tertiary/aromatic N) is 2. The minimum Gasteiger partial charge on any atom is -0.345 e. The van der Waals surface area contributed by atoms with Crippen LogP contribution in [0, 0.1) is 0 Å². The maximum atomic E-state index is 12.2. The van der Waals surface area contributed by atoms with Crippen molar-refractivity contribution < 1.29 is 4.79 Å². The molecule has 4 nitrogen and oxygen atoms in total. The summed E-state index contributed by atoms with van der Waals surface area (Å²) in [6, 6.07) is 9.43. The maximum absolute atomic E-state index is 12.2. The zero-order chi connectivity index (χ0) is 12.5. The van der Waals surface area contributed by atoms with Gasteiger partial charge in [-0.1, -0.05) is 6.07 Å². The van der Waals surface area contributed by atoms with E-state index in [0.717, 1.165) is 21.6 Å². The molecule has 3 rings (SSSR count). The van der Waals surface area contributed by atoms with Crippen LogP contribution in [0.1, 0.15) is 9.67 Å². The molecule has 0 aliphatic heterocycles. The van der Waals surface area contributed by atoms with E-state index in [4.69, 9.17) is 0 Å². The van der Waals surface area contributed by atoms with Gasteiger partial charge in [-0.15, -0.1) is 11.3 Å². The molecule has 90 valence electrons. The Morgan fingerprint density at radius 2 is 2.28 bits per heavy atom. The number of aromatic nitrogens is 2. The predicted octanol–water partition coefficient (Wildman–Crippen LogP) is 2.90. The number of amides is 1. The summed E-state index contributed by atoms with van der Waals surface area (Å²) in [6.45, 7) is 0. The first-order valence-corrected chi connectivity index (χ1v) is 6.38. The molecule has 0 saturated heterocycles. The summed E-state index contributed by atoms with van der Waals surface area (Å²) < 4.78 is 0. The van der Waals surface area contributed by atoms with E-state index < -0.39 is 0 Å². The smallest absolute Gasteiger partial charge is 0.268 e. The van der Waals surface area contributed by atoms with Crippen molar-refractivity contribution in [3.8, 4) is 0 Å². The fourth-order valence-electron chi connectivity index (χ4n) is 1.81. The lowest BCUT2D eigenvalue weighted by atomic mass is 10.2. The molecule has 0 spiro atoms. The molecule has 0 atom stereocenters. The zero-order valence-corrected chi connectivity index (χ0v) is 10.6. The number of carbonyl (C=O) groups excluding carboxylic acids is 1. The highest BCUT2D eigenvalue weighted by atomic mass is 32.1. The van der Waals surface area contributed by atoms with Crippen LogP contribution in [0.3, 0.4) is 0 Å². The fraction of sp³-hybridized carbons (Fsp3) is 0.0769. The summed E-state index contributed by atoms with van der Waals surface area (Å²) in [5.74, 6) is 0.00358. The third-order valence-corrected chi connectivity index (χ3v) is 3.69. The Labute approximate surface area is 108 Å². The Morgan fingerprint density at radius 3 is 3.06 bits per heavy atom. The Bertz CT molecular complexity index is 687. The molecule has 0 aliphatic carbocycles. The van der Waals surface area contributed by atoms with Crippen molar-refractivity contribution in [2.45, 2.75) is 0 Å². The van der Waals surface area contributed by atoms with Crippen LogP contribution in [0.15, 0.2) is 42.0 Å². The second-order valence-electron chi connectivity index (χ2n) is 3.95. The third kappa shape index (κ3) is 1.78. The average Bonchev–Trinajstić information content (AvgIpc) is 3.06. The van der Waals surface area contributed by atoms with Crippen LogP contribution < -0.4 is 4.90 Å². The third-order valence-electron chi connectivity index (χ3n) is 2.83. The summed E-state index contributed by atoms with van der Waals surface area (Å²) in [7, 11) is 1.78. The van der Waals surface area contributed by atoms with Crippen molar-refractivity contribution in [1.82, 2.24) is 9.97 Å². The summed E-state index contributed by atoms with van der Waals surface area (Å²) in [5, 5.41) is 1.90. The van der Waals surface area contributed by atoms with Gasteiger partial charge in [0.25, 0.3) is 5.91 Å². The molecule has 18 heavy (non-hydrogen) atoms. The zero-order valence-electron chi connectivity index (χ0n) is 9.75. The molecule has 1 aromatic carbocycles. The Kier molecular flexibility index (Phi) is 2.60. The molecule has 0 bridgehead atoms. The van der Waals surface area contributed by atoms with Gasteiger partial charge in [0.1, 0.15) is 0 Å². The van der Waals surface area contributed by atoms with Crippen LogP contribution in [-0.4, -0.2) is 22.9 Å². The molecule has 3 aromatic rings. The van der Waals surface area contributed by atoms with E-state index in [-0.39, 0.29) is 5.91 Å². The van der Waals surface area contributed by atoms with E-state index in [0.29, 0.717) is 0 Å². The van der Waals surface area contributed by atoms with Crippen LogP contribution >= 0.6 is 11.3 Å². The number of hydrogen-bond acceptors (Lipinski definition) is 3. The molecule has 2 aromatic heterocycles. The van der Waals surface area contributed by atoms with E-state index in [1.807, 2.05) is 35.7 Å². The number of aromatic amines is 1. The van der Waals surface area contributed by atoms with Crippen molar-refractivity contribution in [1.29, 1.82) is 0 Å². The number of nitrogens with one attached hydrogen (secondary N) is 1. The average molecular weight is 257 g/mol. The largest absolute Gasteiger partial charge is 0.345 e. The number of carbonyl (C=O) groups is 1. The van der Waals surface area contributed by atoms with Gasteiger partial charge in [-0.2, -0.15) is 0 Å². The molecule has 0 saturated carbocycles. The molecule has 0 radical (unpaired) electrons. The number of H-pyrrole nitrogens is 1. The number of fused-ring (bicyclic) bond motifs is 1. The van der Waals surface area contributed by atoms with Crippen molar-refractivity contribution in [2.75, 3.05) is 11.9 Å². The monoisotopic (exact) mass is 257 g/mol. The van der Waals surface area contributed by atoms with E-state index in [1.54, 1.807) is 18.3 Å². The summed E-state index contributed by atoms with van der Waals surface area (Å²) in [4.78, 5) is 21.8. The molecular weight excluding hydrogens is 246 g/mol. The van der Waals surface area contributed by atoms with Gasteiger partial charge in [0.15, 0.2) is 0 Å². The molecule has 2 heterocycles. The van der Waals surface area contributed by atoms with Gasteiger partial charge >= 0.3 is 0 Å². The minimum atomic E-state index is 0.00358. The number of thiophene rings is 1. The normalized spacial score (nSPS) is 10.7. The van der Waals surface area contributed by atoms with Crippen molar-refractivity contribution in [3.63, 3.8) is 0 Å². The lowest BCUT2D eigenvalue weighted by Crippen LogP contribution is -2.25.